The van der Waals surface area contributed by atoms with Crippen LogP contribution in [0.3, 0.4) is 0 Å². The number of alkyl halides is 3. The van der Waals surface area contributed by atoms with Crippen molar-refractivity contribution in [2.75, 3.05) is 4.90 Å². The molecule has 290 valence electrons. The van der Waals surface area contributed by atoms with Gasteiger partial charge < -0.3 is 20.5 Å². The predicted octanol–water partition coefficient (Wildman–Crippen LogP) is 6.74. The molecule has 2 aromatic carbocycles. The molecule has 0 radical (unpaired) electrons. The number of amides is 3. The molecule has 1 aliphatic heterocycles. The molecule has 56 heavy (non-hydrogen) atoms. The molecule has 18 heteroatoms. The topological polar surface area (TPSA) is 152 Å². The number of pyridine rings is 2. The fourth-order valence-electron chi connectivity index (χ4n) is 6.63. The van der Waals surface area contributed by atoms with Gasteiger partial charge in [0.25, 0.3) is 11.8 Å². The van der Waals surface area contributed by atoms with Crippen molar-refractivity contribution in [2.24, 2.45) is 0 Å². The van der Waals surface area contributed by atoms with Gasteiger partial charge in [0.15, 0.2) is 5.82 Å². The van der Waals surface area contributed by atoms with Crippen LogP contribution in [0.5, 0.6) is 5.75 Å². The Labute approximate surface area is 326 Å². The highest BCUT2D eigenvalue weighted by atomic mass is 35.5. The van der Waals surface area contributed by atoms with Gasteiger partial charge in [-0.3, -0.25) is 28.9 Å². The first-order valence-electron chi connectivity index (χ1n) is 17.1. The van der Waals surface area contributed by atoms with Crippen molar-refractivity contribution >= 4 is 52.6 Å². The van der Waals surface area contributed by atoms with Gasteiger partial charge >= 0.3 is 6.36 Å². The van der Waals surface area contributed by atoms with Crippen molar-refractivity contribution in [2.45, 2.75) is 63.2 Å². The molecule has 3 amide bonds. The zero-order valence-electron chi connectivity index (χ0n) is 29.5. The van der Waals surface area contributed by atoms with E-state index in [1.165, 1.54) is 48.9 Å². The molecule has 7 rings (SSSR count). The smallest absolute Gasteiger partial charge is 0.406 e. The minimum absolute atomic E-state index is 0.0447. The minimum Gasteiger partial charge on any atom is -0.406 e. The largest absolute Gasteiger partial charge is 0.573 e. The number of nitrogens with one attached hydrogen (secondary N) is 2. The lowest BCUT2D eigenvalue weighted by atomic mass is 9.91. The lowest BCUT2D eigenvalue weighted by molar-refractivity contribution is -0.274. The van der Waals surface area contributed by atoms with Crippen molar-refractivity contribution in [3.63, 3.8) is 0 Å². The van der Waals surface area contributed by atoms with Crippen molar-refractivity contribution in [3.05, 3.63) is 118 Å². The lowest BCUT2D eigenvalue weighted by Crippen LogP contribution is -2.49. The Bertz CT molecular complexity index is 2310. The highest BCUT2D eigenvalue weighted by Gasteiger charge is 2.52. The first-order valence-corrected chi connectivity index (χ1v) is 17.8. The second kappa shape index (κ2) is 14.5. The van der Waals surface area contributed by atoms with Gasteiger partial charge in [-0.05, 0) is 68.7 Å². The Morgan fingerprint density at radius 2 is 1.61 bits per heavy atom. The maximum Gasteiger partial charge on any atom is 0.573 e. The molecule has 0 bridgehead atoms. The van der Waals surface area contributed by atoms with E-state index in [0.29, 0.717) is 29.8 Å². The molecule has 2 aliphatic rings. The van der Waals surface area contributed by atoms with Crippen LogP contribution in [0.1, 0.15) is 54.1 Å². The van der Waals surface area contributed by atoms with Crippen LogP contribution in [0.2, 0.25) is 10.0 Å². The number of aliphatic hydroxyl groups is 1. The molecule has 3 N–H and O–H groups in total. The second-order valence-electron chi connectivity index (χ2n) is 13.7. The number of nitrogens with zero attached hydrogens (tertiary/aromatic N) is 5. The molecule has 1 saturated carbocycles. The summed E-state index contributed by atoms with van der Waals surface area (Å²) in [6.07, 6.45) is 0.691. The third-order valence-corrected chi connectivity index (χ3v) is 10.2. The van der Waals surface area contributed by atoms with Gasteiger partial charge in [0.2, 0.25) is 11.9 Å². The molecule has 1 fully saturated rings. The van der Waals surface area contributed by atoms with Gasteiger partial charge in [-0.15, -0.1) is 13.2 Å². The lowest BCUT2D eigenvalue weighted by Gasteiger charge is -2.27. The van der Waals surface area contributed by atoms with E-state index in [-0.39, 0.29) is 40.4 Å². The number of aromatic nitrogens is 4. The first kappa shape index (κ1) is 38.7. The molecule has 2 atom stereocenters. The number of imidazole rings is 1. The van der Waals surface area contributed by atoms with Crippen molar-refractivity contribution in [1.29, 1.82) is 0 Å². The van der Waals surface area contributed by atoms with Crippen LogP contribution in [-0.4, -0.2) is 54.8 Å². The van der Waals surface area contributed by atoms with Crippen LogP contribution < -0.4 is 20.3 Å². The predicted molar refractivity (Wildman–Crippen MR) is 196 cm³/mol. The van der Waals surface area contributed by atoms with E-state index in [2.05, 4.69) is 30.3 Å². The van der Waals surface area contributed by atoms with E-state index in [1.54, 1.807) is 18.5 Å². The summed E-state index contributed by atoms with van der Waals surface area (Å²) < 4.78 is 58.1. The number of aliphatic hydroxyl groups excluding tert-OH is 1. The Kier molecular flexibility index (Phi) is 10.0. The van der Waals surface area contributed by atoms with E-state index < -0.39 is 52.8 Å². The van der Waals surface area contributed by atoms with Crippen molar-refractivity contribution in [1.82, 2.24) is 30.2 Å². The number of fused-ring (bicyclic) bond motifs is 1. The standard InChI is InChI=1S/C38H31Cl2F4N7O5/c1-20(32(53)49-37(11-12-37)30-10-6-23(17-46-30)22-5-7-24(19-52)45-16-22)48-33(54)29-18-47-35-50(25-13-27(39)31(41)28(40)14-25)34(55)36(2,51(29)35)15-21-3-8-26(9-4-21)56-38(42,43)44/h3-10,13-14,16-18,20,52H,11-12,15,19H2,1-2H3,(H,48,54)(H,49,53)/t20-,36+/m0/s1. The fraction of sp³-hybridized carbons (Fsp3) is 0.263. The van der Waals surface area contributed by atoms with Crippen LogP contribution >= 0.6 is 23.2 Å². The third kappa shape index (κ3) is 7.39. The number of benzene rings is 2. The Hall–Kier alpha value is -5.58. The number of halogens is 6. The van der Waals surface area contributed by atoms with Gasteiger partial charge in [0.1, 0.15) is 23.0 Å². The van der Waals surface area contributed by atoms with Gasteiger partial charge in [-0.1, -0.05) is 47.5 Å². The van der Waals surface area contributed by atoms with Crippen LogP contribution in [-0.2, 0) is 33.7 Å². The van der Waals surface area contributed by atoms with E-state index in [0.717, 1.165) is 28.2 Å². The highest BCUT2D eigenvalue weighted by Crippen LogP contribution is 2.46. The summed E-state index contributed by atoms with van der Waals surface area (Å²) in [5, 5.41) is 14.2. The van der Waals surface area contributed by atoms with E-state index in [1.807, 2.05) is 18.2 Å². The van der Waals surface area contributed by atoms with Gasteiger partial charge in [-0.25, -0.2) is 14.3 Å². The number of ether oxygens (including phenoxy) is 1. The summed E-state index contributed by atoms with van der Waals surface area (Å²) in [5.74, 6) is -3.33. The number of hydrogen-bond donors (Lipinski definition) is 3. The summed E-state index contributed by atoms with van der Waals surface area (Å²) in [6, 6.07) is 13.4. The van der Waals surface area contributed by atoms with E-state index >= 15 is 0 Å². The molecular weight excluding hydrogens is 781 g/mol. The van der Waals surface area contributed by atoms with Crippen LogP contribution in [0.25, 0.3) is 11.1 Å². The first-order chi connectivity index (χ1) is 26.5. The molecule has 0 spiro atoms. The maximum atomic E-state index is 14.4. The molecule has 0 unspecified atom stereocenters. The number of hydrogen-bond acceptors (Lipinski definition) is 8. The summed E-state index contributed by atoms with van der Waals surface area (Å²) >= 11 is 12.2. The van der Waals surface area contributed by atoms with Gasteiger partial charge in [0.05, 0.1) is 45.5 Å². The number of rotatable bonds is 11. The molecule has 12 nitrogen and oxygen atoms in total. The zero-order chi connectivity index (χ0) is 40.2. The highest BCUT2D eigenvalue weighted by molar-refractivity contribution is 6.35. The molecule has 5 aromatic rings. The van der Waals surface area contributed by atoms with Gasteiger partial charge in [-0.2, -0.15) is 0 Å². The van der Waals surface area contributed by atoms with Gasteiger partial charge in [0, 0.05) is 29.9 Å². The molecule has 1 aliphatic carbocycles. The minimum atomic E-state index is -4.91. The van der Waals surface area contributed by atoms with Crippen LogP contribution in [0.15, 0.2) is 79.3 Å². The summed E-state index contributed by atoms with van der Waals surface area (Å²) in [4.78, 5) is 56.1. The van der Waals surface area contributed by atoms with Crippen LogP contribution in [0, 0.1) is 5.82 Å². The molecular formula is C38H31Cl2F4N7O5. The summed E-state index contributed by atoms with van der Waals surface area (Å²) in [5.41, 5.74) is 0.730. The van der Waals surface area contributed by atoms with Crippen molar-refractivity contribution < 1.29 is 41.8 Å². The SMILES string of the molecule is C[C@H](NC(=O)c1cnc2n1[C@](C)(Cc1ccc(OC(F)(F)F)cc1)C(=O)N2c1cc(Cl)c(F)c(Cl)c1)C(=O)NC1(c2ccc(-c3ccc(CO)nc3)cn2)CC1. The van der Waals surface area contributed by atoms with E-state index in [4.69, 9.17) is 23.2 Å². The number of anilines is 2. The molecule has 0 saturated heterocycles. The molecule has 3 aromatic heterocycles. The third-order valence-electron chi connectivity index (χ3n) is 9.69. The summed E-state index contributed by atoms with van der Waals surface area (Å²) in [6.45, 7) is 2.83. The molecule has 4 heterocycles. The Balaban J connectivity index is 1.13. The van der Waals surface area contributed by atoms with E-state index in [9.17, 15) is 37.1 Å². The average Bonchev–Trinajstić information content (AvgIpc) is 3.75. The second-order valence-corrected chi connectivity index (χ2v) is 14.5. The number of carbonyl (C=O) groups is 3. The Morgan fingerprint density at radius 3 is 2.16 bits per heavy atom. The monoisotopic (exact) mass is 811 g/mol. The quantitative estimate of drug-likeness (QED) is 0.0981. The summed E-state index contributed by atoms with van der Waals surface area (Å²) in [7, 11) is 0. The average molecular weight is 813 g/mol. The number of carbonyl (C=O) groups excluding carboxylic acids is 3. The Morgan fingerprint density at radius 1 is 0.964 bits per heavy atom. The normalized spacial score (nSPS) is 17.7. The zero-order valence-corrected chi connectivity index (χ0v) is 31.0. The fourth-order valence-corrected chi connectivity index (χ4v) is 7.10. The van der Waals surface area contributed by atoms with Crippen LogP contribution in [0.4, 0.5) is 29.2 Å². The maximum absolute atomic E-state index is 14.4. The van der Waals surface area contributed by atoms with Crippen molar-refractivity contribution in [3.8, 4) is 16.9 Å².